The quantitative estimate of drug-likeness (QED) is 0.576. The Morgan fingerprint density at radius 3 is 3.00 bits per heavy atom. The van der Waals surface area contributed by atoms with Crippen LogP contribution in [-0.4, -0.2) is 18.9 Å². The lowest BCUT2D eigenvalue weighted by Gasteiger charge is -2.16. The molecule has 0 N–H and O–H groups in total. The number of aliphatic imine (C=N–C) groups is 1. The first-order chi connectivity index (χ1) is 11.3. The molecule has 0 fully saturated rings. The average molecular weight is 390 g/mol. The van der Waals surface area contributed by atoms with Crippen molar-refractivity contribution in [3.63, 3.8) is 0 Å². The zero-order valence-electron chi connectivity index (χ0n) is 13.2. The summed E-state index contributed by atoms with van der Waals surface area (Å²) in [6, 6.07) is 8.50. The fourth-order valence-electron chi connectivity index (χ4n) is 2.55. The van der Waals surface area contributed by atoms with Gasteiger partial charge in [0.15, 0.2) is 0 Å². The number of unbranched alkanes of at least 4 members (excludes halogenated alkanes) is 1. The summed E-state index contributed by atoms with van der Waals surface area (Å²) in [7, 11) is 0. The third-order valence-electron chi connectivity index (χ3n) is 3.78. The van der Waals surface area contributed by atoms with Crippen LogP contribution in [0.3, 0.4) is 0 Å². The standard InChI is InChI=1S/C19H20BrNOS/c1-2-3-10-22-16-4-6-18-14(11-16)8-9-21-19(18)7-5-17-12-15(20)13-23-17/h4-7,11-13H,2-3,8-10H2,1H3. The molecule has 0 unspecified atom stereocenters. The molecule has 2 aromatic rings. The average Bonchev–Trinajstić information content (AvgIpc) is 2.98. The Balaban J connectivity index is 1.75. The number of halogens is 1. The lowest BCUT2D eigenvalue weighted by atomic mass is 9.97. The van der Waals surface area contributed by atoms with Crippen molar-refractivity contribution in [2.24, 2.45) is 4.99 Å². The van der Waals surface area contributed by atoms with E-state index in [9.17, 15) is 0 Å². The Morgan fingerprint density at radius 1 is 1.30 bits per heavy atom. The Hall–Kier alpha value is -1.39. The van der Waals surface area contributed by atoms with Crippen LogP contribution in [0.15, 0.2) is 45.2 Å². The minimum Gasteiger partial charge on any atom is -0.494 e. The van der Waals surface area contributed by atoms with Crippen LogP contribution in [0.25, 0.3) is 6.08 Å². The van der Waals surface area contributed by atoms with Crippen molar-refractivity contribution in [3.8, 4) is 5.75 Å². The topological polar surface area (TPSA) is 21.6 Å². The fourth-order valence-corrected chi connectivity index (χ4v) is 3.89. The molecule has 1 aromatic carbocycles. The lowest BCUT2D eigenvalue weighted by molar-refractivity contribution is 0.309. The Bertz CT molecular complexity index is 733. The maximum Gasteiger partial charge on any atom is 0.119 e. The number of hydrogen-bond donors (Lipinski definition) is 0. The van der Waals surface area contributed by atoms with Crippen LogP contribution in [0.2, 0.25) is 0 Å². The molecule has 1 aliphatic heterocycles. The molecule has 3 rings (SSSR count). The van der Waals surface area contributed by atoms with Crippen LogP contribution in [0, 0.1) is 0 Å². The molecule has 0 atom stereocenters. The second-order valence-corrected chi connectivity index (χ2v) is 7.40. The Kier molecular flexibility index (Phi) is 5.68. The van der Waals surface area contributed by atoms with Gasteiger partial charge in [-0.25, -0.2) is 0 Å². The summed E-state index contributed by atoms with van der Waals surface area (Å²) in [5.74, 6) is 0.976. The van der Waals surface area contributed by atoms with E-state index in [2.05, 4.69) is 69.6 Å². The van der Waals surface area contributed by atoms with Crippen molar-refractivity contribution in [2.45, 2.75) is 26.2 Å². The van der Waals surface area contributed by atoms with Gasteiger partial charge in [0, 0.05) is 26.8 Å². The van der Waals surface area contributed by atoms with E-state index in [4.69, 9.17) is 4.74 Å². The molecule has 120 valence electrons. The molecule has 0 saturated carbocycles. The van der Waals surface area contributed by atoms with Crippen LogP contribution in [-0.2, 0) is 6.42 Å². The van der Waals surface area contributed by atoms with Crippen LogP contribution in [0.5, 0.6) is 5.75 Å². The van der Waals surface area contributed by atoms with Gasteiger partial charge in [0.05, 0.1) is 12.3 Å². The molecule has 1 aliphatic rings. The summed E-state index contributed by atoms with van der Waals surface area (Å²) in [6.07, 6.45) is 7.50. The molecular formula is C19H20BrNOS. The molecule has 2 heterocycles. The second kappa shape index (κ2) is 7.93. The van der Waals surface area contributed by atoms with E-state index < -0.39 is 0 Å². The Morgan fingerprint density at radius 2 is 2.22 bits per heavy atom. The number of nitrogens with zero attached hydrogens (tertiary/aromatic N) is 1. The molecule has 0 bridgehead atoms. The predicted octanol–water partition coefficient (Wildman–Crippen LogP) is 5.75. The summed E-state index contributed by atoms with van der Waals surface area (Å²) in [6.45, 7) is 3.82. The van der Waals surface area contributed by atoms with Crippen LogP contribution < -0.4 is 4.74 Å². The molecule has 2 nitrogen and oxygen atoms in total. The van der Waals surface area contributed by atoms with Crippen molar-refractivity contribution in [1.82, 2.24) is 0 Å². The van der Waals surface area contributed by atoms with Crippen molar-refractivity contribution < 1.29 is 4.74 Å². The molecule has 23 heavy (non-hydrogen) atoms. The van der Waals surface area contributed by atoms with E-state index in [0.717, 1.165) is 48.3 Å². The van der Waals surface area contributed by atoms with Gasteiger partial charge in [-0.2, -0.15) is 0 Å². The number of ether oxygens (including phenoxy) is 1. The van der Waals surface area contributed by atoms with Gasteiger partial charge in [-0.05, 0) is 70.8 Å². The number of benzene rings is 1. The minimum atomic E-state index is 0.795. The summed E-state index contributed by atoms with van der Waals surface area (Å²) < 4.78 is 6.95. The van der Waals surface area contributed by atoms with Crippen molar-refractivity contribution >= 4 is 39.1 Å². The largest absolute Gasteiger partial charge is 0.494 e. The predicted molar refractivity (Wildman–Crippen MR) is 103 cm³/mol. The highest BCUT2D eigenvalue weighted by Gasteiger charge is 2.13. The van der Waals surface area contributed by atoms with Gasteiger partial charge in [0.1, 0.15) is 5.75 Å². The van der Waals surface area contributed by atoms with Crippen molar-refractivity contribution in [2.75, 3.05) is 13.2 Å². The van der Waals surface area contributed by atoms with Gasteiger partial charge in [0.2, 0.25) is 0 Å². The Labute approximate surface area is 150 Å². The monoisotopic (exact) mass is 389 g/mol. The van der Waals surface area contributed by atoms with Gasteiger partial charge in [-0.15, -0.1) is 11.3 Å². The van der Waals surface area contributed by atoms with E-state index in [1.165, 1.54) is 16.0 Å². The number of thiophene rings is 1. The molecule has 0 aliphatic carbocycles. The highest BCUT2D eigenvalue weighted by molar-refractivity contribution is 9.10. The first-order valence-corrected chi connectivity index (χ1v) is 9.66. The van der Waals surface area contributed by atoms with Crippen LogP contribution in [0.4, 0.5) is 0 Å². The summed E-state index contributed by atoms with van der Waals surface area (Å²) in [5.41, 5.74) is 3.63. The van der Waals surface area contributed by atoms with E-state index >= 15 is 0 Å². The number of rotatable bonds is 6. The fraction of sp³-hybridized carbons (Fsp3) is 0.316. The third-order valence-corrected chi connectivity index (χ3v) is 5.43. The summed E-state index contributed by atoms with van der Waals surface area (Å²) in [5, 5.41) is 2.09. The van der Waals surface area contributed by atoms with E-state index in [1.807, 2.05) is 0 Å². The molecule has 0 radical (unpaired) electrons. The van der Waals surface area contributed by atoms with Gasteiger partial charge in [0.25, 0.3) is 0 Å². The molecule has 1 aromatic heterocycles. The van der Waals surface area contributed by atoms with Gasteiger partial charge < -0.3 is 4.74 Å². The zero-order valence-corrected chi connectivity index (χ0v) is 15.6. The van der Waals surface area contributed by atoms with Crippen molar-refractivity contribution in [1.29, 1.82) is 0 Å². The SMILES string of the molecule is CCCCOc1ccc2c(c1)CCN=C2C=Cc1cc(Br)cs1. The minimum absolute atomic E-state index is 0.795. The van der Waals surface area contributed by atoms with Gasteiger partial charge in [-0.3, -0.25) is 4.99 Å². The number of fused-ring (bicyclic) bond motifs is 1. The van der Waals surface area contributed by atoms with E-state index in [-0.39, 0.29) is 0 Å². The number of hydrogen-bond acceptors (Lipinski definition) is 3. The zero-order chi connectivity index (χ0) is 16.1. The smallest absolute Gasteiger partial charge is 0.119 e. The molecular weight excluding hydrogens is 370 g/mol. The van der Waals surface area contributed by atoms with E-state index in [1.54, 1.807) is 11.3 Å². The molecule has 0 saturated heterocycles. The molecule has 0 amide bonds. The highest BCUT2D eigenvalue weighted by Crippen LogP contribution is 2.25. The van der Waals surface area contributed by atoms with Crippen molar-refractivity contribution in [3.05, 3.63) is 56.2 Å². The second-order valence-electron chi connectivity index (χ2n) is 5.54. The van der Waals surface area contributed by atoms with Crippen LogP contribution in [0.1, 0.15) is 35.8 Å². The first kappa shape index (κ1) is 16.5. The third kappa shape index (κ3) is 4.33. The summed E-state index contributed by atoms with van der Waals surface area (Å²) in [4.78, 5) is 5.91. The molecule has 0 spiro atoms. The maximum absolute atomic E-state index is 5.82. The number of allylic oxidation sites excluding steroid dienone is 1. The lowest BCUT2D eigenvalue weighted by Crippen LogP contribution is -2.11. The highest BCUT2D eigenvalue weighted by atomic mass is 79.9. The van der Waals surface area contributed by atoms with Gasteiger partial charge >= 0.3 is 0 Å². The summed E-state index contributed by atoms with van der Waals surface area (Å²) >= 11 is 5.21. The van der Waals surface area contributed by atoms with E-state index in [0.29, 0.717) is 0 Å². The normalized spacial score (nSPS) is 13.9. The first-order valence-electron chi connectivity index (χ1n) is 7.99. The molecule has 4 heteroatoms. The maximum atomic E-state index is 5.82. The van der Waals surface area contributed by atoms with Crippen LogP contribution >= 0.6 is 27.3 Å². The van der Waals surface area contributed by atoms with Gasteiger partial charge in [-0.1, -0.05) is 13.3 Å².